The maximum Gasteiger partial charge on any atom is 0.433 e. The molecule has 0 bridgehead atoms. The first-order chi connectivity index (χ1) is 14.2. The van der Waals surface area contributed by atoms with E-state index in [0.717, 1.165) is 17.2 Å². The molecular formula is C21H17F3N2O4. The van der Waals surface area contributed by atoms with Crippen molar-refractivity contribution in [2.24, 2.45) is 0 Å². The number of aromatic nitrogens is 1. The van der Waals surface area contributed by atoms with Crippen LogP contribution in [0.4, 0.5) is 18.9 Å². The van der Waals surface area contributed by atoms with Gasteiger partial charge in [-0.15, -0.1) is 0 Å². The van der Waals surface area contributed by atoms with Gasteiger partial charge in [-0.05, 0) is 43.2 Å². The molecule has 156 valence electrons. The molecule has 1 aromatic heterocycles. The number of nitrogens with zero attached hydrogens (tertiary/aromatic N) is 1. The zero-order valence-electron chi connectivity index (χ0n) is 16.1. The van der Waals surface area contributed by atoms with Crippen LogP contribution in [0.5, 0.6) is 17.2 Å². The molecule has 2 aromatic carbocycles. The lowest BCUT2D eigenvalue weighted by molar-refractivity contribution is -0.141. The Hall–Kier alpha value is -3.49. The number of halogens is 3. The van der Waals surface area contributed by atoms with Gasteiger partial charge in [0.2, 0.25) is 6.79 Å². The van der Waals surface area contributed by atoms with Gasteiger partial charge in [0.15, 0.2) is 18.1 Å². The lowest BCUT2D eigenvalue weighted by Gasteiger charge is -2.14. The van der Waals surface area contributed by atoms with E-state index >= 15 is 0 Å². The summed E-state index contributed by atoms with van der Waals surface area (Å²) in [5, 5.41) is 2.97. The van der Waals surface area contributed by atoms with Gasteiger partial charge in [-0.3, -0.25) is 4.79 Å². The molecule has 0 saturated carbocycles. The number of carbonyl (C=O) groups is 1. The lowest BCUT2D eigenvalue weighted by atomic mass is 10.1. The maximum atomic E-state index is 13.3. The van der Waals surface area contributed by atoms with Gasteiger partial charge < -0.3 is 19.5 Å². The molecule has 1 aliphatic rings. The van der Waals surface area contributed by atoms with Crippen LogP contribution in [0, 0.1) is 13.8 Å². The summed E-state index contributed by atoms with van der Waals surface area (Å²) in [4.78, 5) is 16.0. The first-order valence-electron chi connectivity index (χ1n) is 9.01. The minimum Gasteiger partial charge on any atom is -0.483 e. The number of anilines is 1. The predicted octanol–water partition coefficient (Wildman–Crippen LogP) is 4.62. The fraction of sp³-hybridized carbons (Fsp3) is 0.238. The average Bonchev–Trinajstić information content (AvgIpc) is 3.09. The summed E-state index contributed by atoms with van der Waals surface area (Å²) in [6, 6.07) is 9.15. The standard InChI is InChI=1S/C21H17F3N2O4/c1-11-3-12(2)5-13(4-11)25-20(27)9-28-16-8-19(21(22,23)24)26-15-7-18-17(6-14(15)16)29-10-30-18/h3-8H,9-10H2,1-2H3,(H,25,27). The number of fused-ring (bicyclic) bond motifs is 2. The highest BCUT2D eigenvalue weighted by Crippen LogP contribution is 2.41. The summed E-state index contributed by atoms with van der Waals surface area (Å²) in [6.45, 7) is 3.28. The molecule has 1 amide bonds. The highest BCUT2D eigenvalue weighted by Gasteiger charge is 2.34. The number of nitrogens with one attached hydrogen (secondary N) is 1. The number of hydrogen-bond acceptors (Lipinski definition) is 5. The van der Waals surface area contributed by atoms with Crippen LogP contribution in [0.3, 0.4) is 0 Å². The summed E-state index contributed by atoms with van der Waals surface area (Å²) < 4.78 is 55.8. The second-order valence-corrected chi connectivity index (χ2v) is 6.94. The largest absolute Gasteiger partial charge is 0.483 e. The maximum absolute atomic E-state index is 13.3. The third-order valence-electron chi connectivity index (χ3n) is 4.42. The summed E-state index contributed by atoms with van der Waals surface area (Å²) in [5.41, 5.74) is 1.42. The Bertz CT molecular complexity index is 1130. The van der Waals surface area contributed by atoms with Crippen LogP contribution in [-0.2, 0) is 11.0 Å². The topological polar surface area (TPSA) is 69.7 Å². The minimum absolute atomic E-state index is 0.0267. The highest BCUT2D eigenvalue weighted by molar-refractivity contribution is 5.93. The van der Waals surface area contributed by atoms with Gasteiger partial charge in [0.25, 0.3) is 5.91 Å². The number of amides is 1. The van der Waals surface area contributed by atoms with Crippen molar-refractivity contribution in [1.29, 1.82) is 0 Å². The van der Waals surface area contributed by atoms with Gasteiger partial charge >= 0.3 is 6.18 Å². The Balaban J connectivity index is 1.61. The molecule has 2 heterocycles. The highest BCUT2D eigenvalue weighted by atomic mass is 19.4. The number of pyridine rings is 1. The summed E-state index contributed by atoms with van der Waals surface area (Å²) >= 11 is 0. The zero-order chi connectivity index (χ0) is 21.5. The van der Waals surface area contributed by atoms with E-state index in [-0.39, 0.29) is 23.4 Å². The number of hydrogen-bond donors (Lipinski definition) is 1. The molecule has 3 aromatic rings. The molecule has 1 aliphatic heterocycles. The van der Waals surface area contributed by atoms with Crippen molar-refractivity contribution in [3.05, 3.63) is 53.2 Å². The molecule has 0 saturated heterocycles. The first kappa shape index (κ1) is 19.8. The molecule has 0 unspecified atom stereocenters. The Morgan fingerprint density at radius 1 is 1.07 bits per heavy atom. The number of carbonyl (C=O) groups excluding carboxylic acids is 1. The normalized spacial score (nSPS) is 12.8. The fourth-order valence-electron chi connectivity index (χ4n) is 3.24. The first-order valence-corrected chi connectivity index (χ1v) is 9.01. The molecule has 9 heteroatoms. The molecule has 1 N–H and O–H groups in total. The molecule has 0 aliphatic carbocycles. The Kier molecular flexibility index (Phi) is 4.89. The van der Waals surface area contributed by atoms with E-state index in [1.54, 1.807) is 12.1 Å². The van der Waals surface area contributed by atoms with Crippen LogP contribution in [-0.4, -0.2) is 24.3 Å². The SMILES string of the molecule is Cc1cc(C)cc(NC(=O)COc2cc(C(F)(F)F)nc3cc4c(cc23)OCO4)c1. The number of rotatable bonds is 4. The number of ether oxygens (including phenoxy) is 3. The van der Waals surface area contributed by atoms with Gasteiger partial charge in [-0.1, -0.05) is 6.07 Å². The van der Waals surface area contributed by atoms with Crippen LogP contribution in [0.1, 0.15) is 16.8 Å². The van der Waals surface area contributed by atoms with Crippen molar-refractivity contribution in [3.8, 4) is 17.2 Å². The Morgan fingerprint density at radius 2 is 1.73 bits per heavy atom. The average molecular weight is 418 g/mol. The Morgan fingerprint density at radius 3 is 2.40 bits per heavy atom. The molecule has 0 atom stereocenters. The number of alkyl halides is 3. The van der Waals surface area contributed by atoms with Crippen LogP contribution in [0.25, 0.3) is 10.9 Å². The fourth-order valence-corrected chi connectivity index (χ4v) is 3.24. The zero-order valence-corrected chi connectivity index (χ0v) is 16.1. The van der Waals surface area contributed by atoms with Crippen molar-refractivity contribution < 1.29 is 32.2 Å². The summed E-state index contributed by atoms with van der Waals surface area (Å²) in [6.07, 6.45) is -4.68. The number of aryl methyl sites for hydroxylation is 2. The van der Waals surface area contributed by atoms with Crippen molar-refractivity contribution in [3.63, 3.8) is 0 Å². The van der Waals surface area contributed by atoms with Crippen molar-refractivity contribution in [1.82, 2.24) is 4.98 Å². The predicted molar refractivity (Wildman–Crippen MR) is 103 cm³/mol. The smallest absolute Gasteiger partial charge is 0.433 e. The monoisotopic (exact) mass is 418 g/mol. The van der Waals surface area contributed by atoms with Gasteiger partial charge in [0.05, 0.1) is 5.52 Å². The van der Waals surface area contributed by atoms with Crippen LogP contribution >= 0.6 is 0 Å². The van der Waals surface area contributed by atoms with E-state index in [9.17, 15) is 18.0 Å². The molecule has 30 heavy (non-hydrogen) atoms. The number of benzene rings is 2. The minimum atomic E-state index is -4.68. The molecule has 0 fully saturated rings. The Labute approximate surface area is 169 Å². The van der Waals surface area contributed by atoms with E-state index in [0.29, 0.717) is 17.2 Å². The van der Waals surface area contributed by atoms with Crippen LogP contribution < -0.4 is 19.5 Å². The molecule has 0 radical (unpaired) electrons. The van der Waals surface area contributed by atoms with Crippen LogP contribution in [0.2, 0.25) is 0 Å². The molecule has 6 nitrogen and oxygen atoms in total. The van der Waals surface area contributed by atoms with Gasteiger partial charge in [-0.2, -0.15) is 13.2 Å². The molecule has 0 spiro atoms. The van der Waals surface area contributed by atoms with E-state index in [1.807, 2.05) is 19.9 Å². The van der Waals surface area contributed by atoms with Crippen molar-refractivity contribution >= 4 is 22.5 Å². The van der Waals surface area contributed by atoms with E-state index < -0.39 is 24.4 Å². The second kappa shape index (κ2) is 7.40. The molecular weight excluding hydrogens is 401 g/mol. The third-order valence-corrected chi connectivity index (χ3v) is 4.42. The van der Waals surface area contributed by atoms with Gasteiger partial charge in [0.1, 0.15) is 11.4 Å². The van der Waals surface area contributed by atoms with Crippen LogP contribution in [0.15, 0.2) is 36.4 Å². The second-order valence-electron chi connectivity index (χ2n) is 6.94. The van der Waals surface area contributed by atoms with E-state index in [1.165, 1.54) is 12.1 Å². The third kappa shape index (κ3) is 4.10. The van der Waals surface area contributed by atoms with Gasteiger partial charge in [0, 0.05) is 23.2 Å². The summed E-state index contributed by atoms with van der Waals surface area (Å²) in [5.74, 6) is 0.0434. The van der Waals surface area contributed by atoms with Crippen molar-refractivity contribution in [2.75, 3.05) is 18.7 Å². The quantitative estimate of drug-likeness (QED) is 0.670. The molecule has 4 rings (SSSR count). The van der Waals surface area contributed by atoms with E-state index in [4.69, 9.17) is 14.2 Å². The van der Waals surface area contributed by atoms with Gasteiger partial charge in [-0.25, -0.2) is 4.98 Å². The summed E-state index contributed by atoms with van der Waals surface area (Å²) in [7, 11) is 0. The van der Waals surface area contributed by atoms with E-state index in [2.05, 4.69) is 10.3 Å². The van der Waals surface area contributed by atoms with Crippen molar-refractivity contribution in [2.45, 2.75) is 20.0 Å². The lowest BCUT2D eigenvalue weighted by Crippen LogP contribution is -2.20.